The molecule has 4 nitrogen and oxygen atoms in total. The third-order valence-electron chi connectivity index (χ3n) is 7.57. The summed E-state index contributed by atoms with van der Waals surface area (Å²) in [5, 5.41) is 11.1. The number of methoxy groups -OCH3 is 1. The Morgan fingerprint density at radius 3 is 2.14 bits per heavy atom. The van der Waals surface area contributed by atoms with Gasteiger partial charge in [-0.2, -0.15) is 0 Å². The topological polar surface area (TPSA) is 47.9 Å². The minimum Gasteiger partial charge on any atom is -0.496 e. The van der Waals surface area contributed by atoms with Crippen LogP contribution in [0.2, 0.25) is 36.3 Å². The van der Waals surface area contributed by atoms with Gasteiger partial charge in [0.25, 0.3) is 0 Å². The van der Waals surface area contributed by atoms with Crippen LogP contribution in [0.5, 0.6) is 5.75 Å². The van der Waals surface area contributed by atoms with Crippen molar-refractivity contribution in [3.05, 3.63) is 42.0 Å². The van der Waals surface area contributed by atoms with E-state index in [1.165, 1.54) is 0 Å². The highest BCUT2D eigenvalue weighted by molar-refractivity contribution is 6.74. The molecule has 1 N–H and O–H groups in total. The number of benzene rings is 1. The zero-order valence-corrected chi connectivity index (χ0v) is 26.2. The van der Waals surface area contributed by atoms with E-state index >= 15 is 0 Å². The zero-order valence-electron chi connectivity index (χ0n) is 24.2. The van der Waals surface area contributed by atoms with Crippen molar-refractivity contribution >= 4 is 16.6 Å². The summed E-state index contributed by atoms with van der Waals surface area (Å²) in [7, 11) is -2.20. The Balaban J connectivity index is 3.00. The molecule has 0 fully saturated rings. The normalized spacial score (nSPS) is 14.6. The summed E-state index contributed by atoms with van der Waals surface area (Å²) >= 11 is 0. The van der Waals surface area contributed by atoms with Gasteiger partial charge in [-0.05, 0) is 60.7 Å². The number of aliphatic hydroxyl groups excluding tert-OH is 1. The average molecular weight is 519 g/mol. The smallest absolute Gasteiger partial charge is 0.192 e. The second kappa shape index (κ2) is 12.7. The molecule has 1 aromatic rings. The van der Waals surface area contributed by atoms with Crippen molar-refractivity contribution in [1.29, 1.82) is 0 Å². The number of rotatable bonds is 11. The monoisotopic (exact) mass is 518 g/mol. The maximum absolute atomic E-state index is 10.8. The Hall–Kier alpha value is -1.37. The first kappa shape index (κ1) is 31.7. The van der Waals surface area contributed by atoms with E-state index < -0.39 is 22.7 Å². The summed E-state index contributed by atoms with van der Waals surface area (Å²) in [6, 6.07) is 5.68. The summed E-state index contributed by atoms with van der Waals surface area (Å²) in [4.78, 5) is 0. The van der Waals surface area contributed by atoms with Gasteiger partial charge in [-0.25, -0.2) is 0 Å². The van der Waals surface area contributed by atoms with Crippen LogP contribution in [-0.4, -0.2) is 41.6 Å². The van der Waals surface area contributed by atoms with E-state index in [1.807, 2.05) is 24.3 Å². The molecule has 0 aromatic heterocycles. The molecule has 0 saturated heterocycles. The van der Waals surface area contributed by atoms with Gasteiger partial charge in [-0.3, -0.25) is 0 Å². The summed E-state index contributed by atoms with van der Waals surface area (Å²) in [6.07, 6.45) is 2.96. The Morgan fingerprint density at radius 1 is 1.03 bits per heavy atom. The number of ether oxygens (including phenoxy) is 1. The number of aliphatic hydroxyl groups is 1. The van der Waals surface area contributed by atoms with Gasteiger partial charge in [0.15, 0.2) is 16.6 Å². The molecule has 0 heterocycles. The maximum Gasteiger partial charge on any atom is 0.192 e. The van der Waals surface area contributed by atoms with Crippen LogP contribution in [0.1, 0.15) is 71.6 Å². The highest BCUT2D eigenvalue weighted by Gasteiger charge is 2.41. The molecule has 1 rings (SSSR count). The Bertz CT molecular complexity index is 883. The van der Waals surface area contributed by atoms with Crippen molar-refractivity contribution in [2.45, 2.75) is 109 Å². The fraction of sp³-hybridized carbons (Fsp3) is 0.655. The summed E-state index contributed by atoms with van der Waals surface area (Å²) < 4.78 is 18.8. The van der Waals surface area contributed by atoms with Gasteiger partial charge in [-0.15, -0.1) is 12.5 Å². The van der Waals surface area contributed by atoms with Gasteiger partial charge < -0.3 is 18.7 Å². The van der Waals surface area contributed by atoms with E-state index in [0.29, 0.717) is 19.4 Å². The lowest BCUT2D eigenvalue weighted by molar-refractivity contribution is 0.102. The molecule has 198 valence electrons. The first-order chi connectivity index (χ1) is 16.0. The van der Waals surface area contributed by atoms with Crippen molar-refractivity contribution in [3.8, 4) is 17.6 Å². The van der Waals surface area contributed by atoms with E-state index in [-0.39, 0.29) is 16.2 Å². The van der Waals surface area contributed by atoms with Gasteiger partial charge in [-0.1, -0.05) is 65.7 Å². The molecule has 35 heavy (non-hydrogen) atoms. The third-order valence-corrected chi connectivity index (χ3v) is 16.6. The van der Waals surface area contributed by atoms with Gasteiger partial charge >= 0.3 is 0 Å². The molecule has 2 atom stereocenters. The minimum absolute atomic E-state index is 0.00962. The molecule has 1 aromatic carbocycles. The second-order valence-corrected chi connectivity index (χ2v) is 21.9. The molecule has 0 spiro atoms. The van der Waals surface area contributed by atoms with Crippen LogP contribution in [0.3, 0.4) is 0 Å². The number of hydrogen-bond acceptors (Lipinski definition) is 4. The molecule has 0 aliphatic carbocycles. The largest absolute Gasteiger partial charge is 0.496 e. The molecule has 6 heteroatoms. The molecular formula is C29H50O4Si2. The van der Waals surface area contributed by atoms with Crippen LogP contribution in [0.15, 0.2) is 30.9 Å². The highest BCUT2D eigenvalue weighted by atomic mass is 28.4. The van der Waals surface area contributed by atoms with E-state index in [9.17, 15) is 5.11 Å². The van der Waals surface area contributed by atoms with Crippen LogP contribution in [0.25, 0.3) is 0 Å². The van der Waals surface area contributed by atoms with E-state index in [0.717, 1.165) is 23.3 Å². The quantitative estimate of drug-likeness (QED) is 0.186. The van der Waals surface area contributed by atoms with Crippen LogP contribution in [0.4, 0.5) is 0 Å². The molecule has 0 aliphatic heterocycles. The van der Waals surface area contributed by atoms with Gasteiger partial charge in [0.2, 0.25) is 0 Å². The predicted octanol–water partition coefficient (Wildman–Crippen LogP) is 7.65. The lowest BCUT2D eigenvalue weighted by Crippen LogP contribution is -2.47. The molecule has 0 unspecified atom stereocenters. The standard InChI is InChI=1S/C29H50O4Si2/c1-13-17-25-24(19-16-21-27(25)31-8)26(30)20-15-14-18-23(33-35(11,12)29(5,6)7)22-32-34(9,10)28(2,3)4/h13,16,19,21,23,26,30H,1,14,17-18,22H2,2-12H3/t23-,26-/m1/s1. The van der Waals surface area contributed by atoms with Crippen LogP contribution in [-0.2, 0) is 15.3 Å². The van der Waals surface area contributed by atoms with Gasteiger partial charge in [0.1, 0.15) is 11.9 Å². The fourth-order valence-electron chi connectivity index (χ4n) is 3.16. The Morgan fingerprint density at radius 2 is 1.63 bits per heavy atom. The third kappa shape index (κ3) is 9.22. The Kier molecular flexibility index (Phi) is 11.5. The van der Waals surface area contributed by atoms with E-state index in [2.05, 4.69) is 86.2 Å². The zero-order chi connectivity index (χ0) is 27.1. The first-order valence-electron chi connectivity index (χ1n) is 12.7. The maximum atomic E-state index is 10.8. The van der Waals surface area contributed by atoms with Crippen LogP contribution < -0.4 is 4.74 Å². The van der Waals surface area contributed by atoms with Crippen molar-refractivity contribution in [2.75, 3.05) is 13.7 Å². The van der Waals surface area contributed by atoms with Gasteiger partial charge in [0.05, 0.1) is 19.8 Å². The predicted molar refractivity (Wildman–Crippen MR) is 154 cm³/mol. The average Bonchev–Trinajstić information content (AvgIpc) is 2.73. The second-order valence-electron chi connectivity index (χ2n) is 12.4. The lowest BCUT2D eigenvalue weighted by Gasteiger charge is -2.41. The molecule has 0 amide bonds. The molecule has 0 aliphatic rings. The summed E-state index contributed by atoms with van der Waals surface area (Å²) in [5.74, 6) is 6.98. The fourth-order valence-corrected chi connectivity index (χ4v) is 5.57. The number of allylic oxidation sites excluding steroid dienone is 1. The molecule has 0 radical (unpaired) electrons. The molecule has 0 bridgehead atoms. The van der Waals surface area contributed by atoms with Crippen LogP contribution >= 0.6 is 0 Å². The van der Waals surface area contributed by atoms with Crippen molar-refractivity contribution in [1.82, 2.24) is 0 Å². The SMILES string of the molecule is C=CCc1c(OC)cccc1[C@H](O)C#CCC[C@H](CO[Si](C)(C)C(C)(C)C)O[Si](C)(C)C(C)(C)C. The van der Waals surface area contributed by atoms with Gasteiger partial charge in [0, 0.05) is 12.0 Å². The summed E-state index contributed by atoms with van der Waals surface area (Å²) in [5.41, 5.74) is 1.70. The van der Waals surface area contributed by atoms with Crippen molar-refractivity contribution in [2.24, 2.45) is 0 Å². The minimum atomic E-state index is -1.96. The highest BCUT2D eigenvalue weighted by Crippen LogP contribution is 2.39. The van der Waals surface area contributed by atoms with E-state index in [1.54, 1.807) is 7.11 Å². The van der Waals surface area contributed by atoms with E-state index in [4.69, 9.17) is 13.6 Å². The lowest BCUT2D eigenvalue weighted by atomic mass is 9.98. The van der Waals surface area contributed by atoms with Crippen molar-refractivity contribution < 1.29 is 18.7 Å². The summed E-state index contributed by atoms with van der Waals surface area (Å²) in [6.45, 7) is 27.1. The molecular weight excluding hydrogens is 468 g/mol. The molecule has 0 saturated carbocycles. The first-order valence-corrected chi connectivity index (χ1v) is 18.5. The van der Waals surface area contributed by atoms with Crippen molar-refractivity contribution in [3.63, 3.8) is 0 Å². The van der Waals surface area contributed by atoms with Crippen LogP contribution in [0, 0.1) is 11.8 Å². The Labute approximate surface area is 217 Å². The number of hydrogen-bond donors (Lipinski definition) is 1.